The number of carbonyl (C=O) groups excluding carboxylic acids is 1. The number of benzene rings is 1. The highest BCUT2D eigenvalue weighted by Crippen LogP contribution is 2.22. The second-order valence-corrected chi connectivity index (χ2v) is 6.21. The van der Waals surface area contributed by atoms with Gasteiger partial charge < -0.3 is 15.3 Å². The number of hydrogen-bond acceptors (Lipinski definition) is 5. The van der Waals surface area contributed by atoms with Gasteiger partial charge in [0.05, 0.1) is 25.4 Å². The Hall–Kier alpha value is -1.60. The molecular weight excluding hydrogens is 375 g/mol. The Labute approximate surface area is 154 Å². The highest BCUT2D eigenvalue weighted by molar-refractivity contribution is 6.33. The number of carbonyl (C=O) groups is 1. The number of nitrogens with one attached hydrogen (secondary N) is 1. The van der Waals surface area contributed by atoms with Crippen LogP contribution in [0.2, 0.25) is 15.3 Å². The van der Waals surface area contributed by atoms with E-state index in [-0.39, 0.29) is 29.4 Å². The Morgan fingerprint density at radius 2 is 2.12 bits per heavy atom. The molecule has 2 rings (SSSR count). The lowest BCUT2D eigenvalue weighted by Crippen LogP contribution is -2.38. The average Bonchev–Trinajstić information content (AvgIpc) is 2.54. The summed E-state index contributed by atoms with van der Waals surface area (Å²) in [6, 6.07) is 6.37. The number of anilines is 1. The van der Waals surface area contributed by atoms with Crippen LogP contribution >= 0.6 is 34.8 Å². The Bertz CT molecular complexity index is 730. The summed E-state index contributed by atoms with van der Waals surface area (Å²) in [6.45, 7) is -0.278. The molecule has 0 radical (unpaired) electrons. The van der Waals surface area contributed by atoms with E-state index in [4.69, 9.17) is 34.8 Å². The zero-order valence-electron chi connectivity index (χ0n) is 12.7. The molecule has 2 N–H and O–H groups in total. The lowest BCUT2D eigenvalue weighted by molar-refractivity contribution is -0.120. The number of hydrogen-bond donors (Lipinski definition) is 2. The molecule has 0 aliphatic heterocycles. The first-order valence-electron chi connectivity index (χ1n) is 6.95. The van der Waals surface area contributed by atoms with Gasteiger partial charge in [-0.2, -0.15) is 4.98 Å². The normalized spacial score (nSPS) is 11.9. The van der Waals surface area contributed by atoms with Crippen LogP contribution in [-0.4, -0.2) is 41.2 Å². The second-order valence-electron chi connectivity index (χ2n) is 5.02. The van der Waals surface area contributed by atoms with Crippen LogP contribution in [0, 0.1) is 0 Å². The molecule has 1 aromatic carbocycles. The van der Waals surface area contributed by atoms with Crippen molar-refractivity contribution in [2.24, 2.45) is 0 Å². The first kappa shape index (κ1) is 18.7. The maximum atomic E-state index is 12.2. The number of aliphatic hydroxyl groups is 1. The standard InChI is InChI=1S/C15H15Cl3N4O2/c1-22(14-11(17)6-19-15(18)21-14)7-13(24)20-12(8-23)9-3-2-4-10(16)5-9/h2-6,12,23H,7-8H2,1H3,(H,20,24). The van der Waals surface area contributed by atoms with Crippen molar-refractivity contribution in [3.63, 3.8) is 0 Å². The van der Waals surface area contributed by atoms with Crippen LogP contribution in [0.3, 0.4) is 0 Å². The summed E-state index contributed by atoms with van der Waals surface area (Å²) in [4.78, 5) is 21.5. The molecule has 9 heteroatoms. The third kappa shape index (κ3) is 4.95. The summed E-state index contributed by atoms with van der Waals surface area (Å²) in [5.41, 5.74) is 0.712. The van der Waals surface area contributed by atoms with Crippen molar-refractivity contribution in [2.75, 3.05) is 25.1 Å². The Morgan fingerprint density at radius 3 is 2.79 bits per heavy atom. The minimum atomic E-state index is -0.561. The minimum absolute atomic E-state index is 0.0237. The maximum absolute atomic E-state index is 12.2. The number of halogens is 3. The zero-order chi connectivity index (χ0) is 17.7. The first-order valence-corrected chi connectivity index (χ1v) is 8.09. The maximum Gasteiger partial charge on any atom is 0.240 e. The number of likely N-dealkylation sites (N-methyl/N-ethyl adjacent to an activating group) is 1. The third-order valence-electron chi connectivity index (χ3n) is 3.21. The Kier molecular flexibility index (Phi) is 6.62. The van der Waals surface area contributed by atoms with Gasteiger partial charge in [0.2, 0.25) is 11.2 Å². The molecule has 128 valence electrons. The number of amides is 1. The molecular formula is C15H15Cl3N4O2. The molecule has 0 aliphatic carbocycles. The fraction of sp³-hybridized carbons (Fsp3) is 0.267. The summed E-state index contributed by atoms with van der Waals surface area (Å²) >= 11 is 17.7. The monoisotopic (exact) mass is 388 g/mol. The van der Waals surface area contributed by atoms with Crippen molar-refractivity contribution < 1.29 is 9.90 Å². The molecule has 0 saturated heterocycles. The number of rotatable bonds is 6. The molecule has 2 aromatic rings. The van der Waals surface area contributed by atoms with Gasteiger partial charge in [-0.15, -0.1) is 0 Å². The lowest BCUT2D eigenvalue weighted by Gasteiger charge is -2.21. The van der Waals surface area contributed by atoms with Crippen molar-refractivity contribution in [1.82, 2.24) is 15.3 Å². The molecule has 0 fully saturated rings. The van der Waals surface area contributed by atoms with Gasteiger partial charge >= 0.3 is 0 Å². The fourth-order valence-electron chi connectivity index (χ4n) is 2.09. The van der Waals surface area contributed by atoms with E-state index in [1.165, 1.54) is 11.1 Å². The quantitative estimate of drug-likeness (QED) is 0.743. The van der Waals surface area contributed by atoms with Crippen LogP contribution in [-0.2, 0) is 4.79 Å². The third-order valence-corrected chi connectivity index (χ3v) is 3.89. The fourth-order valence-corrected chi connectivity index (χ4v) is 2.66. The summed E-state index contributed by atoms with van der Waals surface area (Å²) in [6.07, 6.45) is 1.36. The van der Waals surface area contributed by atoms with Gasteiger partial charge in [0, 0.05) is 12.1 Å². The van der Waals surface area contributed by atoms with Gasteiger partial charge in [-0.05, 0) is 29.3 Å². The molecule has 0 saturated carbocycles. The predicted octanol–water partition coefficient (Wildman–Crippen LogP) is 2.72. The molecule has 1 heterocycles. The van der Waals surface area contributed by atoms with E-state index in [0.717, 1.165) is 0 Å². The van der Waals surface area contributed by atoms with Crippen LogP contribution in [0.1, 0.15) is 11.6 Å². The lowest BCUT2D eigenvalue weighted by atomic mass is 10.1. The number of aromatic nitrogens is 2. The van der Waals surface area contributed by atoms with Gasteiger partial charge in [0.25, 0.3) is 0 Å². The summed E-state index contributed by atoms with van der Waals surface area (Å²) in [5.74, 6) is 0.0254. The molecule has 1 amide bonds. The number of aliphatic hydroxyl groups excluding tert-OH is 1. The molecule has 1 unspecified atom stereocenters. The van der Waals surface area contributed by atoms with Crippen LogP contribution in [0.5, 0.6) is 0 Å². The van der Waals surface area contributed by atoms with Gasteiger partial charge in [0.1, 0.15) is 5.02 Å². The largest absolute Gasteiger partial charge is 0.394 e. The SMILES string of the molecule is CN(CC(=O)NC(CO)c1cccc(Cl)c1)c1nc(Cl)ncc1Cl. The molecule has 6 nitrogen and oxygen atoms in total. The smallest absolute Gasteiger partial charge is 0.240 e. The van der Waals surface area contributed by atoms with E-state index in [1.54, 1.807) is 31.3 Å². The van der Waals surface area contributed by atoms with Crippen molar-refractivity contribution in [3.8, 4) is 0 Å². The predicted molar refractivity (Wildman–Crippen MR) is 94.7 cm³/mol. The molecule has 1 aromatic heterocycles. The Morgan fingerprint density at radius 1 is 1.38 bits per heavy atom. The summed E-state index contributed by atoms with van der Waals surface area (Å²) < 4.78 is 0. The molecule has 1 atom stereocenters. The second kappa shape index (κ2) is 8.48. The first-order chi connectivity index (χ1) is 11.4. The van der Waals surface area contributed by atoms with E-state index in [9.17, 15) is 9.90 Å². The topological polar surface area (TPSA) is 78.4 Å². The number of nitrogens with zero attached hydrogens (tertiary/aromatic N) is 3. The van der Waals surface area contributed by atoms with Gasteiger partial charge in [0.15, 0.2) is 5.82 Å². The molecule has 0 spiro atoms. The molecule has 0 aliphatic rings. The van der Waals surface area contributed by atoms with E-state index < -0.39 is 6.04 Å². The van der Waals surface area contributed by atoms with Crippen LogP contribution in [0.15, 0.2) is 30.5 Å². The van der Waals surface area contributed by atoms with Crippen molar-refractivity contribution >= 4 is 46.5 Å². The summed E-state index contributed by atoms with van der Waals surface area (Å²) in [7, 11) is 1.65. The zero-order valence-corrected chi connectivity index (χ0v) is 15.0. The van der Waals surface area contributed by atoms with E-state index >= 15 is 0 Å². The summed E-state index contributed by atoms with van der Waals surface area (Å²) in [5, 5.41) is 13.1. The molecule has 0 bridgehead atoms. The van der Waals surface area contributed by atoms with Crippen LogP contribution < -0.4 is 10.2 Å². The molecule has 24 heavy (non-hydrogen) atoms. The van der Waals surface area contributed by atoms with Crippen molar-refractivity contribution in [1.29, 1.82) is 0 Å². The van der Waals surface area contributed by atoms with Crippen molar-refractivity contribution in [3.05, 3.63) is 51.4 Å². The van der Waals surface area contributed by atoms with E-state index in [0.29, 0.717) is 16.4 Å². The van der Waals surface area contributed by atoms with Gasteiger partial charge in [-0.1, -0.05) is 35.3 Å². The highest BCUT2D eigenvalue weighted by atomic mass is 35.5. The van der Waals surface area contributed by atoms with Crippen molar-refractivity contribution in [2.45, 2.75) is 6.04 Å². The highest BCUT2D eigenvalue weighted by Gasteiger charge is 2.17. The minimum Gasteiger partial charge on any atom is -0.394 e. The average molecular weight is 390 g/mol. The van der Waals surface area contributed by atoms with Crippen LogP contribution in [0.4, 0.5) is 5.82 Å². The van der Waals surface area contributed by atoms with Gasteiger partial charge in [-0.3, -0.25) is 4.79 Å². The van der Waals surface area contributed by atoms with Crippen LogP contribution in [0.25, 0.3) is 0 Å². The van der Waals surface area contributed by atoms with E-state index in [1.807, 2.05) is 0 Å². The van der Waals surface area contributed by atoms with E-state index in [2.05, 4.69) is 15.3 Å². The van der Waals surface area contributed by atoms with Gasteiger partial charge in [-0.25, -0.2) is 4.98 Å². The Balaban J connectivity index is 2.04.